The lowest BCUT2D eigenvalue weighted by Crippen LogP contribution is -2.04. The van der Waals surface area contributed by atoms with E-state index in [0.29, 0.717) is 23.9 Å². The summed E-state index contributed by atoms with van der Waals surface area (Å²) < 4.78 is 45.3. The molecular weight excluding hydrogens is 536 g/mol. The van der Waals surface area contributed by atoms with Crippen LogP contribution in [0.25, 0.3) is 22.0 Å². The number of nitrogens with zero attached hydrogens (tertiary/aromatic N) is 1. The van der Waals surface area contributed by atoms with Crippen LogP contribution in [-0.2, 0) is 13.2 Å². The zero-order valence-electron chi connectivity index (χ0n) is 23.3. The Bertz CT molecular complexity index is 1690. The van der Waals surface area contributed by atoms with E-state index < -0.39 is 6.43 Å². The van der Waals surface area contributed by atoms with Crippen LogP contribution >= 0.6 is 0 Å². The Hall–Kier alpha value is -4.65. The Morgan fingerprint density at radius 1 is 0.857 bits per heavy atom. The Morgan fingerprint density at radius 3 is 2.31 bits per heavy atom. The van der Waals surface area contributed by atoms with Crippen LogP contribution in [-0.4, -0.2) is 24.6 Å². The number of methoxy groups -OCH3 is 1. The summed E-state index contributed by atoms with van der Waals surface area (Å²) in [7, 11) is 1.63. The van der Waals surface area contributed by atoms with E-state index in [9.17, 15) is 13.6 Å². The maximum absolute atomic E-state index is 12.9. The first-order valence-electron chi connectivity index (χ1n) is 14.0. The number of halogens is 2. The molecule has 214 valence electrons. The fourth-order valence-corrected chi connectivity index (χ4v) is 5.14. The summed E-state index contributed by atoms with van der Waals surface area (Å²) in [6.45, 7) is 1.42. The Labute approximate surface area is 243 Å². The van der Waals surface area contributed by atoms with Crippen molar-refractivity contribution < 1.29 is 27.8 Å². The molecule has 5 nitrogen and oxygen atoms in total. The van der Waals surface area contributed by atoms with Crippen LogP contribution in [0.3, 0.4) is 0 Å². The highest BCUT2D eigenvalue weighted by molar-refractivity contribution is 6.05. The summed E-state index contributed by atoms with van der Waals surface area (Å²) in [4.78, 5) is 12.7. The van der Waals surface area contributed by atoms with Gasteiger partial charge >= 0.3 is 0 Å². The summed E-state index contributed by atoms with van der Waals surface area (Å²) in [6.07, 6.45) is 0.837. The Morgan fingerprint density at radius 2 is 1.62 bits per heavy atom. The molecule has 0 unspecified atom stereocenters. The van der Waals surface area contributed by atoms with E-state index in [1.165, 1.54) is 25.0 Å². The van der Waals surface area contributed by atoms with Crippen LogP contribution in [0.2, 0.25) is 0 Å². The molecule has 1 heterocycles. The average molecular weight is 568 g/mol. The van der Waals surface area contributed by atoms with Gasteiger partial charge in [0.15, 0.2) is 6.29 Å². The highest BCUT2D eigenvalue weighted by Gasteiger charge is 2.22. The molecule has 5 aromatic rings. The van der Waals surface area contributed by atoms with Crippen LogP contribution in [0.1, 0.15) is 46.4 Å². The largest absolute Gasteiger partial charge is 0.497 e. The number of fused-ring (bicyclic) bond motifs is 1. The summed E-state index contributed by atoms with van der Waals surface area (Å²) in [5, 5.41) is 0.872. The van der Waals surface area contributed by atoms with Gasteiger partial charge in [-0.1, -0.05) is 48.5 Å². The number of carbonyl (C=O) groups excluding carboxylic acids is 1. The molecule has 0 amide bonds. The monoisotopic (exact) mass is 567 g/mol. The van der Waals surface area contributed by atoms with Crippen molar-refractivity contribution in [3.05, 3.63) is 113 Å². The minimum atomic E-state index is -2.51. The second-order valence-electron chi connectivity index (χ2n) is 10.6. The van der Waals surface area contributed by atoms with Crippen molar-refractivity contribution >= 4 is 17.2 Å². The molecule has 42 heavy (non-hydrogen) atoms. The van der Waals surface area contributed by atoms with Gasteiger partial charge in [-0.3, -0.25) is 4.79 Å². The lowest BCUT2D eigenvalue weighted by atomic mass is 10.0. The molecule has 6 rings (SSSR count). The van der Waals surface area contributed by atoms with E-state index in [1.54, 1.807) is 19.2 Å². The summed E-state index contributed by atoms with van der Waals surface area (Å²) in [5.74, 6) is 2.82. The van der Waals surface area contributed by atoms with Crippen molar-refractivity contribution in [3.8, 4) is 28.4 Å². The molecule has 0 atom stereocenters. The van der Waals surface area contributed by atoms with Crippen molar-refractivity contribution in [2.24, 2.45) is 5.92 Å². The molecule has 4 aromatic carbocycles. The molecule has 1 aliphatic carbocycles. The predicted molar refractivity (Wildman–Crippen MR) is 159 cm³/mol. The molecule has 0 aliphatic heterocycles. The van der Waals surface area contributed by atoms with Gasteiger partial charge in [-0.25, -0.2) is 8.78 Å². The normalized spacial score (nSPS) is 13.0. The van der Waals surface area contributed by atoms with Gasteiger partial charge in [0.2, 0.25) is 0 Å². The summed E-state index contributed by atoms with van der Waals surface area (Å²) >= 11 is 0. The highest BCUT2D eigenvalue weighted by Crippen LogP contribution is 2.38. The molecule has 0 radical (unpaired) electrons. The van der Waals surface area contributed by atoms with Crippen LogP contribution in [0.15, 0.2) is 91.0 Å². The maximum Gasteiger partial charge on any atom is 0.263 e. The lowest BCUT2D eigenvalue weighted by molar-refractivity contribution is 0.111. The molecule has 7 heteroatoms. The number of hydrogen-bond acceptors (Lipinski definition) is 4. The van der Waals surface area contributed by atoms with E-state index in [-0.39, 0.29) is 12.2 Å². The summed E-state index contributed by atoms with van der Waals surface area (Å²) in [5.41, 5.74) is 4.90. The first kappa shape index (κ1) is 27.5. The van der Waals surface area contributed by atoms with Gasteiger partial charge in [-0.05, 0) is 77.9 Å². The van der Waals surface area contributed by atoms with Gasteiger partial charge in [-0.2, -0.15) is 0 Å². The van der Waals surface area contributed by atoms with Crippen molar-refractivity contribution in [3.63, 3.8) is 0 Å². The van der Waals surface area contributed by atoms with Gasteiger partial charge in [0.1, 0.15) is 23.9 Å². The topological polar surface area (TPSA) is 49.7 Å². The molecule has 0 bridgehead atoms. The Kier molecular flexibility index (Phi) is 7.91. The molecule has 1 aromatic heterocycles. The zero-order chi connectivity index (χ0) is 29.1. The number of rotatable bonds is 12. The van der Waals surface area contributed by atoms with E-state index in [2.05, 4.69) is 0 Å². The Balaban J connectivity index is 1.36. The second kappa shape index (κ2) is 12.1. The van der Waals surface area contributed by atoms with Crippen LogP contribution in [0, 0.1) is 5.92 Å². The second-order valence-corrected chi connectivity index (χ2v) is 10.6. The van der Waals surface area contributed by atoms with Gasteiger partial charge in [0.25, 0.3) is 6.43 Å². The summed E-state index contributed by atoms with van der Waals surface area (Å²) in [6, 6.07) is 27.5. The number of ether oxygens (including phenoxy) is 3. The van der Waals surface area contributed by atoms with Crippen LogP contribution in [0.4, 0.5) is 8.78 Å². The predicted octanol–water partition coefficient (Wildman–Crippen LogP) is 8.48. The first-order chi connectivity index (χ1) is 20.5. The SMILES string of the molecule is COc1cccc(Cn2c(C=O)c(-c3ccc(OCC4CC4)cc3)c3cc(OCc4ccc(C(F)F)cc4)ccc32)c1. The quantitative estimate of drug-likeness (QED) is 0.142. The van der Waals surface area contributed by atoms with Gasteiger partial charge in [0.05, 0.1) is 19.4 Å². The highest BCUT2D eigenvalue weighted by atomic mass is 19.3. The third-order valence-corrected chi connectivity index (χ3v) is 7.62. The van der Waals surface area contributed by atoms with Crippen molar-refractivity contribution in [2.75, 3.05) is 13.7 Å². The van der Waals surface area contributed by atoms with Crippen molar-refractivity contribution in [2.45, 2.75) is 32.4 Å². The van der Waals surface area contributed by atoms with Crippen molar-refractivity contribution in [1.82, 2.24) is 4.57 Å². The van der Waals surface area contributed by atoms with E-state index in [1.807, 2.05) is 71.3 Å². The molecule has 1 fully saturated rings. The van der Waals surface area contributed by atoms with E-state index in [4.69, 9.17) is 14.2 Å². The number of hydrogen-bond donors (Lipinski definition) is 0. The third kappa shape index (κ3) is 6.00. The number of carbonyl (C=O) groups is 1. The molecule has 0 spiro atoms. The fourth-order valence-electron chi connectivity index (χ4n) is 5.14. The molecular formula is C35H31F2NO4. The van der Waals surface area contributed by atoms with Crippen molar-refractivity contribution in [1.29, 1.82) is 0 Å². The molecule has 0 saturated heterocycles. The first-order valence-corrected chi connectivity index (χ1v) is 14.0. The molecule has 0 N–H and O–H groups in total. The number of benzene rings is 4. The maximum atomic E-state index is 12.9. The number of aldehydes is 1. The van der Waals surface area contributed by atoms with Crippen LogP contribution in [0.5, 0.6) is 17.2 Å². The number of alkyl halides is 2. The number of aromatic nitrogens is 1. The zero-order valence-corrected chi connectivity index (χ0v) is 23.3. The smallest absolute Gasteiger partial charge is 0.263 e. The minimum absolute atomic E-state index is 0.0208. The van der Waals surface area contributed by atoms with E-state index >= 15 is 0 Å². The molecule has 1 saturated carbocycles. The average Bonchev–Trinajstić information content (AvgIpc) is 3.81. The fraction of sp³-hybridized carbons (Fsp3) is 0.229. The molecule has 1 aliphatic rings. The van der Waals surface area contributed by atoms with Crippen LogP contribution < -0.4 is 14.2 Å². The van der Waals surface area contributed by atoms with Gasteiger partial charge in [-0.15, -0.1) is 0 Å². The lowest BCUT2D eigenvalue weighted by Gasteiger charge is -2.10. The van der Waals surface area contributed by atoms with Gasteiger partial charge < -0.3 is 18.8 Å². The minimum Gasteiger partial charge on any atom is -0.497 e. The van der Waals surface area contributed by atoms with Gasteiger partial charge in [0, 0.05) is 28.6 Å². The standard InChI is InChI=1S/C35H31F2NO4/c1-40-29-4-2-3-25(17-29)19-38-32-16-15-30(42-22-24-7-9-27(10-8-24)35(36)37)18-31(32)34(33(38)20-39)26-11-13-28(14-12-26)41-21-23-5-6-23/h2-4,7-18,20,23,35H,5-6,19,21-22H2,1H3. The third-order valence-electron chi connectivity index (χ3n) is 7.62. The van der Waals surface area contributed by atoms with E-state index in [0.717, 1.165) is 57.5 Å².